The van der Waals surface area contributed by atoms with Gasteiger partial charge in [0.05, 0.1) is 27.3 Å². The molecule has 2 N–H and O–H groups in total. The molecule has 0 saturated carbocycles. The number of carbonyl (C=O) groups excluding carboxylic acids is 1. The van der Waals surface area contributed by atoms with E-state index in [1.807, 2.05) is 13.8 Å². The van der Waals surface area contributed by atoms with Gasteiger partial charge in [-0.15, -0.1) is 23.1 Å². The maximum atomic E-state index is 13.8. The molecule has 0 saturated heterocycles. The van der Waals surface area contributed by atoms with Crippen LogP contribution in [0.1, 0.15) is 21.6 Å². The van der Waals surface area contributed by atoms with Crippen molar-refractivity contribution in [2.75, 3.05) is 4.90 Å². The topological polar surface area (TPSA) is 59.2 Å². The summed E-state index contributed by atoms with van der Waals surface area (Å²) >= 11 is 8.37. The summed E-state index contributed by atoms with van der Waals surface area (Å²) in [4.78, 5) is 16.4. The second kappa shape index (κ2) is 10.4. The van der Waals surface area contributed by atoms with E-state index in [-0.39, 0.29) is 16.1 Å². The molecular weight excluding hydrogens is 479 g/mol. The molecule has 1 unspecified atom stereocenters. The number of aryl methyl sites for hydroxylation is 1. The Bertz CT molecular complexity index is 1150. The molecule has 1 aliphatic rings. The number of amides is 1. The number of para-hydroxylation sites is 1. The Morgan fingerprint density at radius 2 is 1.97 bits per heavy atom. The van der Waals surface area contributed by atoms with Crippen LogP contribution < -0.4 is 10.6 Å². The molecular formula is C22H19ClF3N3OS2. The SMILES string of the molecule is CC1SC=C(C(F)F)N1c1ccccc1-c1ccc(Cl)c(F)c1.Cc1ncc(C(N)=O)s1. The Hall–Kier alpha value is -2.49. The number of nitrogens with two attached hydrogens (primary N) is 1. The van der Waals surface area contributed by atoms with Gasteiger partial charge in [0.1, 0.15) is 10.7 Å². The normalized spacial score (nSPS) is 15.4. The van der Waals surface area contributed by atoms with Crippen molar-refractivity contribution in [1.82, 2.24) is 4.98 Å². The van der Waals surface area contributed by atoms with Crippen molar-refractivity contribution in [1.29, 1.82) is 0 Å². The number of rotatable bonds is 4. The van der Waals surface area contributed by atoms with Crippen LogP contribution >= 0.6 is 34.7 Å². The molecule has 1 aromatic heterocycles. The zero-order chi connectivity index (χ0) is 23.4. The van der Waals surface area contributed by atoms with Crippen molar-refractivity contribution in [3.63, 3.8) is 0 Å². The number of benzene rings is 2. The molecule has 4 nitrogen and oxygen atoms in total. The third-order valence-corrected chi connectivity index (χ3v) is 6.73. The molecule has 1 atom stereocenters. The minimum absolute atomic E-state index is 0.0319. The van der Waals surface area contributed by atoms with Crippen LogP contribution in [0.3, 0.4) is 0 Å². The third-order valence-electron chi connectivity index (χ3n) is 4.51. The fraction of sp³-hybridized carbons (Fsp3) is 0.182. The molecule has 1 amide bonds. The number of aromatic nitrogens is 1. The highest BCUT2D eigenvalue weighted by Crippen LogP contribution is 2.42. The van der Waals surface area contributed by atoms with Gasteiger partial charge in [-0.25, -0.2) is 18.2 Å². The maximum Gasteiger partial charge on any atom is 0.278 e. The Morgan fingerprint density at radius 3 is 2.53 bits per heavy atom. The maximum absolute atomic E-state index is 13.8. The number of thiazole rings is 1. The van der Waals surface area contributed by atoms with Gasteiger partial charge in [-0.05, 0) is 43.0 Å². The largest absolute Gasteiger partial charge is 0.365 e. The minimum atomic E-state index is -2.57. The van der Waals surface area contributed by atoms with Gasteiger partial charge in [0.2, 0.25) is 0 Å². The molecule has 10 heteroatoms. The third kappa shape index (κ3) is 5.46. The monoisotopic (exact) mass is 497 g/mol. The number of halogens is 4. The number of hydrogen-bond acceptors (Lipinski definition) is 5. The lowest BCUT2D eigenvalue weighted by Gasteiger charge is -2.28. The summed E-state index contributed by atoms with van der Waals surface area (Å²) in [5, 5.41) is 2.22. The Balaban J connectivity index is 0.000000269. The first-order valence-electron chi connectivity index (χ1n) is 9.38. The van der Waals surface area contributed by atoms with Gasteiger partial charge in [0.25, 0.3) is 12.3 Å². The second-order valence-corrected chi connectivity index (χ2v) is 9.53. The van der Waals surface area contributed by atoms with Gasteiger partial charge in [-0.1, -0.05) is 35.9 Å². The molecule has 2 heterocycles. The number of alkyl halides is 2. The summed E-state index contributed by atoms with van der Waals surface area (Å²) in [6, 6.07) is 11.6. The van der Waals surface area contributed by atoms with Crippen molar-refractivity contribution < 1.29 is 18.0 Å². The number of thioether (sulfide) groups is 1. The number of anilines is 1. The summed E-state index contributed by atoms with van der Waals surface area (Å²) < 4.78 is 40.4. The van der Waals surface area contributed by atoms with E-state index in [0.29, 0.717) is 21.7 Å². The fourth-order valence-corrected chi connectivity index (χ4v) is 4.71. The summed E-state index contributed by atoms with van der Waals surface area (Å²) in [7, 11) is 0. The summed E-state index contributed by atoms with van der Waals surface area (Å²) in [6.45, 7) is 3.69. The highest BCUT2D eigenvalue weighted by atomic mass is 35.5. The molecule has 1 aliphatic heterocycles. The molecule has 0 radical (unpaired) electrons. The minimum Gasteiger partial charge on any atom is -0.365 e. The van der Waals surface area contributed by atoms with Crippen LogP contribution in [0, 0.1) is 12.7 Å². The molecule has 168 valence electrons. The van der Waals surface area contributed by atoms with Crippen LogP contribution in [0.5, 0.6) is 0 Å². The molecule has 3 aromatic rings. The molecule has 0 aliphatic carbocycles. The van der Waals surface area contributed by atoms with Crippen LogP contribution in [0.15, 0.2) is 59.8 Å². The lowest BCUT2D eigenvalue weighted by Crippen LogP contribution is -2.29. The predicted octanol–water partition coefficient (Wildman–Crippen LogP) is 6.70. The van der Waals surface area contributed by atoms with Crippen molar-refractivity contribution in [3.8, 4) is 11.1 Å². The first-order chi connectivity index (χ1) is 15.2. The highest BCUT2D eigenvalue weighted by molar-refractivity contribution is 8.03. The fourth-order valence-electron chi connectivity index (χ4n) is 3.05. The predicted molar refractivity (Wildman–Crippen MR) is 126 cm³/mol. The first-order valence-corrected chi connectivity index (χ1v) is 11.5. The Labute approximate surface area is 196 Å². The average Bonchev–Trinajstić information content (AvgIpc) is 3.36. The number of nitrogens with zero attached hydrogens (tertiary/aromatic N) is 2. The van der Waals surface area contributed by atoms with Crippen molar-refractivity contribution in [3.05, 3.63) is 80.5 Å². The van der Waals surface area contributed by atoms with Crippen LogP contribution in [0.25, 0.3) is 11.1 Å². The summed E-state index contributed by atoms with van der Waals surface area (Å²) in [5.41, 5.74) is 6.83. The van der Waals surface area contributed by atoms with E-state index in [0.717, 1.165) is 5.01 Å². The van der Waals surface area contributed by atoms with Crippen molar-refractivity contribution >= 4 is 46.3 Å². The first kappa shape index (κ1) is 24.2. The van der Waals surface area contributed by atoms with Gasteiger partial charge in [-0.2, -0.15) is 0 Å². The molecule has 0 fully saturated rings. The lowest BCUT2D eigenvalue weighted by atomic mass is 10.0. The zero-order valence-electron chi connectivity index (χ0n) is 17.1. The Morgan fingerprint density at radius 1 is 1.25 bits per heavy atom. The van der Waals surface area contributed by atoms with Crippen molar-refractivity contribution in [2.45, 2.75) is 25.6 Å². The smallest absolute Gasteiger partial charge is 0.278 e. The van der Waals surface area contributed by atoms with E-state index < -0.39 is 18.1 Å². The van der Waals surface area contributed by atoms with E-state index in [2.05, 4.69) is 4.98 Å². The van der Waals surface area contributed by atoms with Gasteiger partial charge in [0, 0.05) is 11.3 Å². The van der Waals surface area contributed by atoms with Crippen LogP contribution in [0.2, 0.25) is 5.02 Å². The zero-order valence-corrected chi connectivity index (χ0v) is 19.4. The average molecular weight is 498 g/mol. The standard InChI is InChI=1S/C17H13ClF3NS.C5H6N2OS/c1-10-22(16(9-23-10)17(20)21)15-5-3-2-4-12(15)11-6-7-13(18)14(19)8-11;1-3-7-2-4(9-3)5(6)8/h2-10,17H,1H3;2H,1H3,(H2,6,8). The van der Waals surface area contributed by atoms with E-state index in [1.54, 1.807) is 35.2 Å². The van der Waals surface area contributed by atoms with Gasteiger partial charge < -0.3 is 10.6 Å². The van der Waals surface area contributed by atoms with E-state index in [4.69, 9.17) is 17.3 Å². The number of carbonyl (C=O) groups is 1. The number of allylic oxidation sites excluding steroid dienone is 1. The summed E-state index contributed by atoms with van der Waals surface area (Å²) in [5.74, 6) is -0.937. The van der Waals surface area contributed by atoms with Gasteiger partial charge in [-0.3, -0.25) is 4.79 Å². The van der Waals surface area contributed by atoms with E-state index in [1.165, 1.54) is 46.8 Å². The van der Waals surface area contributed by atoms with Crippen LogP contribution in [-0.2, 0) is 0 Å². The second-order valence-electron chi connectivity index (χ2n) is 6.70. The van der Waals surface area contributed by atoms with Gasteiger partial charge in [0.15, 0.2) is 0 Å². The molecule has 32 heavy (non-hydrogen) atoms. The number of hydrogen-bond donors (Lipinski definition) is 1. The van der Waals surface area contributed by atoms with Crippen molar-refractivity contribution in [2.24, 2.45) is 5.73 Å². The van der Waals surface area contributed by atoms with Gasteiger partial charge >= 0.3 is 0 Å². The summed E-state index contributed by atoms with van der Waals surface area (Å²) in [6.07, 6.45) is -1.08. The molecule has 0 spiro atoms. The highest BCUT2D eigenvalue weighted by Gasteiger charge is 2.31. The van der Waals surface area contributed by atoms with Crippen LogP contribution in [-0.4, -0.2) is 22.7 Å². The molecule has 4 rings (SSSR count). The van der Waals surface area contributed by atoms with Crippen LogP contribution in [0.4, 0.5) is 18.9 Å². The Kier molecular flexibility index (Phi) is 7.86. The van der Waals surface area contributed by atoms with E-state index >= 15 is 0 Å². The molecule has 2 aromatic carbocycles. The molecule has 0 bridgehead atoms. The quantitative estimate of drug-likeness (QED) is 0.435. The number of primary amides is 1. The lowest BCUT2D eigenvalue weighted by molar-refractivity contribution is 0.100. The van der Waals surface area contributed by atoms with E-state index in [9.17, 15) is 18.0 Å².